The van der Waals surface area contributed by atoms with Crippen molar-refractivity contribution in [2.45, 2.75) is 24.5 Å². The van der Waals surface area contributed by atoms with Gasteiger partial charge in [0.25, 0.3) is 11.6 Å². The molecule has 0 bridgehead atoms. The van der Waals surface area contributed by atoms with Crippen LogP contribution in [0.1, 0.15) is 6.23 Å². The minimum absolute atomic E-state index is 0.138. The molecule has 1 aliphatic heterocycles. The Bertz CT molecular complexity index is 744. The van der Waals surface area contributed by atoms with Crippen LogP contribution in [-0.2, 0) is 11.8 Å². The number of nitrogen functional groups attached to an aromatic ring is 1. The molecule has 2 aromatic heterocycles. The van der Waals surface area contributed by atoms with Crippen LogP contribution in [0.3, 0.4) is 0 Å². The number of aromatic nitrogens is 4. The summed E-state index contributed by atoms with van der Waals surface area (Å²) in [6.07, 6.45) is -2.43. The minimum Gasteiger partial charge on any atom is -0.394 e. The van der Waals surface area contributed by atoms with Gasteiger partial charge in [0, 0.05) is 0 Å². The van der Waals surface area contributed by atoms with Gasteiger partial charge in [0.15, 0.2) is 11.0 Å². The number of hydrogen-bond donors (Lipinski definition) is 5. The van der Waals surface area contributed by atoms with Gasteiger partial charge in [0.1, 0.15) is 18.3 Å². The summed E-state index contributed by atoms with van der Waals surface area (Å²) in [6.45, 7) is -0.389. The maximum Gasteiger partial charge on any atom is 0.273 e. The van der Waals surface area contributed by atoms with Gasteiger partial charge in [0.05, 0.1) is 13.7 Å². The molecule has 114 valence electrons. The zero-order valence-corrected chi connectivity index (χ0v) is 12.0. The van der Waals surface area contributed by atoms with E-state index >= 15 is 0 Å². The van der Waals surface area contributed by atoms with E-state index in [4.69, 9.17) is 27.8 Å². The van der Waals surface area contributed by atoms with E-state index in [-0.39, 0.29) is 12.6 Å². The number of hydrogen-bond acceptors (Lipinski definition) is 7. The van der Waals surface area contributed by atoms with Gasteiger partial charge in [-0.05, 0) is 0 Å². The maximum absolute atomic E-state index is 10.1. The number of aliphatic hydroxyl groups excluding tert-OH is 3. The molecule has 0 aliphatic carbocycles. The molecule has 2 aromatic rings. The zero-order valence-electron chi connectivity index (χ0n) is 11.2. The van der Waals surface area contributed by atoms with Crippen molar-refractivity contribution in [3.63, 3.8) is 0 Å². The Balaban J connectivity index is 2.16. The maximum atomic E-state index is 10.1. The Morgan fingerprint density at radius 1 is 1.52 bits per heavy atom. The Kier molecular flexibility index (Phi) is 3.42. The molecule has 0 saturated carbocycles. The lowest BCUT2D eigenvalue weighted by Crippen LogP contribution is -2.46. The fraction of sp³-hybridized carbons (Fsp3) is 0.545. The number of fused-ring (bicyclic) bond motifs is 1. The lowest BCUT2D eigenvalue weighted by Gasteiger charge is -2.12. The molecule has 6 N–H and O–H groups in total. The van der Waals surface area contributed by atoms with Crippen LogP contribution in [0.4, 0.5) is 5.95 Å². The number of ether oxygens (including phenoxy) is 1. The fourth-order valence-electron chi connectivity index (χ4n) is 2.58. The number of nitrogens with two attached hydrogens (primary N) is 1. The summed E-state index contributed by atoms with van der Waals surface area (Å²) in [6, 6.07) is 0. The van der Waals surface area contributed by atoms with Crippen molar-refractivity contribution >= 4 is 29.3 Å². The monoisotopic (exact) mass is 314 g/mol. The lowest BCUT2D eigenvalue weighted by molar-refractivity contribution is -0.745. The van der Waals surface area contributed by atoms with Crippen LogP contribution >= 0.6 is 12.2 Å². The highest BCUT2D eigenvalue weighted by molar-refractivity contribution is 7.71. The Hall–Kier alpha value is -1.59. The Morgan fingerprint density at radius 2 is 2.24 bits per heavy atom. The normalized spacial score (nSPS) is 29.3. The number of nitrogens with zero attached hydrogens (tertiary/aromatic N) is 3. The lowest BCUT2D eigenvalue weighted by atomic mass is 10.1. The summed E-state index contributed by atoms with van der Waals surface area (Å²) < 4.78 is 9.11. The number of aromatic amines is 1. The average Bonchev–Trinajstić information content (AvgIpc) is 2.89. The minimum atomic E-state index is -1.19. The zero-order chi connectivity index (χ0) is 15.3. The van der Waals surface area contributed by atoms with E-state index in [9.17, 15) is 10.2 Å². The number of anilines is 1. The molecular formula is C11H16N5O4S+. The van der Waals surface area contributed by atoms with Crippen LogP contribution in [0.15, 0.2) is 6.33 Å². The molecule has 1 saturated heterocycles. The van der Waals surface area contributed by atoms with Crippen molar-refractivity contribution in [1.82, 2.24) is 14.5 Å². The predicted molar refractivity (Wildman–Crippen MR) is 73.5 cm³/mol. The molecule has 4 atom stereocenters. The van der Waals surface area contributed by atoms with E-state index in [1.165, 1.54) is 0 Å². The Morgan fingerprint density at radius 3 is 2.86 bits per heavy atom. The van der Waals surface area contributed by atoms with E-state index in [0.29, 0.717) is 15.8 Å². The summed E-state index contributed by atoms with van der Waals surface area (Å²) >= 11 is 5.18. The summed E-state index contributed by atoms with van der Waals surface area (Å²) in [4.78, 5) is 6.85. The third kappa shape index (κ3) is 2.12. The molecule has 3 rings (SSSR count). The molecule has 3 heterocycles. The summed E-state index contributed by atoms with van der Waals surface area (Å²) in [5.74, 6) is 0.138. The van der Waals surface area contributed by atoms with Gasteiger partial charge in [-0.1, -0.05) is 12.2 Å². The van der Waals surface area contributed by atoms with Gasteiger partial charge in [0.2, 0.25) is 11.7 Å². The third-order valence-electron chi connectivity index (χ3n) is 3.60. The predicted octanol–water partition coefficient (Wildman–Crippen LogP) is -1.89. The van der Waals surface area contributed by atoms with E-state index in [2.05, 4.69) is 9.97 Å². The SMILES string of the molecule is Cn1c[n+]([C@@H]2O[C@@H](CO)[C@H](O)[C@H]2O)c2[nH]c(N)nc(=S)c21. The first-order valence-electron chi connectivity index (χ1n) is 6.32. The number of aryl methyl sites for hydroxylation is 1. The summed E-state index contributed by atoms with van der Waals surface area (Å²) in [5.41, 5.74) is 6.81. The van der Waals surface area contributed by atoms with Gasteiger partial charge >= 0.3 is 0 Å². The van der Waals surface area contributed by atoms with Crippen molar-refractivity contribution in [3.05, 3.63) is 11.0 Å². The smallest absolute Gasteiger partial charge is 0.273 e. The number of H-pyrrole nitrogens is 1. The van der Waals surface area contributed by atoms with Crippen molar-refractivity contribution in [2.24, 2.45) is 7.05 Å². The second-order valence-electron chi connectivity index (χ2n) is 4.99. The third-order valence-corrected chi connectivity index (χ3v) is 3.88. The van der Waals surface area contributed by atoms with Crippen LogP contribution in [0.25, 0.3) is 11.2 Å². The van der Waals surface area contributed by atoms with E-state index in [0.717, 1.165) is 0 Å². The number of nitrogens with one attached hydrogen (secondary N) is 1. The van der Waals surface area contributed by atoms with Gasteiger partial charge < -0.3 is 25.8 Å². The largest absolute Gasteiger partial charge is 0.394 e. The highest BCUT2D eigenvalue weighted by atomic mass is 32.1. The van der Waals surface area contributed by atoms with Gasteiger partial charge in [-0.15, -0.1) is 0 Å². The van der Waals surface area contributed by atoms with Crippen molar-refractivity contribution in [1.29, 1.82) is 0 Å². The number of aliphatic hydroxyl groups is 3. The number of imidazole rings is 1. The molecule has 0 radical (unpaired) electrons. The second kappa shape index (κ2) is 5.00. The van der Waals surface area contributed by atoms with Gasteiger partial charge in [-0.3, -0.25) is 4.57 Å². The Labute approximate surface area is 124 Å². The van der Waals surface area contributed by atoms with Crippen molar-refractivity contribution in [2.75, 3.05) is 12.3 Å². The second-order valence-corrected chi connectivity index (χ2v) is 5.37. The molecular weight excluding hydrogens is 298 g/mol. The summed E-state index contributed by atoms with van der Waals surface area (Å²) in [5, 5.41) is 29.1. The average molecular weight is 314 g/mol. The van der Waals surface area contributed by atoms with E-state index in [1.54, 1.807) is 22.5 Å². The van der Waals surface area contributed by atoms with Crippen molar-refractivity contribution in [3.8, 4) is 0 Å². The molecule has 0 aromatic carbocycles. The topological polar surface area (TPSA) is 133 Å². The molecule has 0 spiro atoms. The van der Waals surface area contributed by atoms with Crippen LogP contribution in [0.5, 0.6) is 0 Å². The van der Waals surface area contributed by atoms with E-state index in [1.807, 2.05) is 0 Å². The first-order valence-corrected chi connectivity index (χ1v) is 6.73. The van der Waals surface area contributed by atoms with Crippen LogP contribution in [0.2, 0.25) is 0 Å². The van der Waals surface area contributed by atoms with Crippen LogP contribution < -0.4 is 10.3 Å². The first-order chi connectivity index (χ1) is 9.93. The van der Waals surface area contributed by atoms with Crippen molar-refractivity contribution < 1.29 is 24.6 Å². The molecule has 0 unspecified atom stereocenters. The highest BCUT2D eigenvalue weighted by Gasteiger charge is 2.46. The fourth-order valence-corrected chi connectivity index (χ4v) is 2.92. The molecule has 21 heavy (non-hydrogen) atoms. The molecule has 10 heteroatoms. The summed E-state index contributed by atoms with van der Waals surface area (Å²) in [7, 11) is 1.77. The highest BCUT2D eigenvalue weighted by Crippen LogP contribution is 2.26. The molecule has 1 fully saturated rings. The number of rotatable bonds is 2. The molecule has 9 nitrogen and oxygen atoms in total. The van der Waals surface area contributed by atoms with Crippen LogP contribution in [0, 0.1) is 4.64 Å². The standard InChI is InChI=1S/C11H15N5O4S/c1-15-3-16(8-5(15)9(21)14-11(12)13-8)10-7(19)6(18)4(2-17)20-10/h3-4,6-7,10,17-19H,2H2,1H3,(H2-,12,13,14,21)/p+1/t4-,6-,7+,10+/m0/s1. The van der Waals surface area contributed by atoms with E-state index < -0.39 is 24.5 Å². The van der Waals surface area contributed by atoms with Gasteiger partial charge in [-0.2, -0.15) is 4.98 Å². The molecule has 1 aliphatic rings. The van der Waals surface area contributed by atoms with Gasteiger partial charge in [-0.25, -0.2) is 9.55 Å². The van der Waals surface area contributed by atoms with Crippen LogP contribution in [-0.4, -0.2) is 54.8 Å². The first kappa shape index (κ1) is 14.4. The molecule has 0 amide bonds. The quantitative estimate of drug-likeness (QED) is 0.323.